The van der Waals surface area contributed by atoms with Gasteiger partial charge in [-0.1, -0.05) is 29.3 Å². The van der Waals surface area contributed by atoms with Crippen LogP contribution < -0.4 is 20.1 Å². The van der Waals surface area contributed by atoms with E-state index in [1.54, 1.807) is 30.3 Å². The van der Waals surface area contributed by atoms with Crippen LogP contribution >= 0.6 is 23.2 Å². The summed E-state index contributed by atoms with van der Waals surface area (Å²) in [6.45, 7) is 0.532. The lowest BCUT2D eigenvalue weighted by Gasteiger charge is -2.08. The second-order valence-corrected chi connectivity index (χ2v) is 6.47. The van der Waals surface area contributed by atoms with Crippen LogP contribution in [0.3, 0.4) is 0 Å². The lowest BCUT2D eigenvalue weighted by molar-refractivity contribution is -0.126. The molecule has 1 aliphatic heterocycles. The van der Waals surface area contributed by atoms with Gasteiger partial charge in [-0.05, 0) is 36.2 Å². The van der Waals surface area contributed by atoms with Crippen molar-refractivity contribution in [1.29, 1.82) is 0 Å². The van der Waals surface area contributed by atoms with Gasteiger partial charge in [0, 0.05) is 28.3 Å². The second kappa shape index (κ2) is 8.29. The van der Waals surface area contributed by atoms with Gasteiger partial charge in [-0.2, -0.15) is 0 Å². The monoisotopic (exact) mass is 394 g/mol. The lowest BCUT2D eigenvalue weighted by atomic mass is 10.1. The van der Waals surface area contributed by atoms with E-state index in [0.29, 0.717) is 40.2 Å². The van der Waals surface area contributed by atoms with Crippen molar-refractivity contribution in [2.24, 2.45) is 0 Å². The van der Waals surface area contributed by atoms with Crippen molar-refractivity contribution in [3.63, 3.8) is 0 Å². The number of benzene rings is 2. The molecule has 0 saturated heterocycles. The lowest BCUT2D eigenvalue weighted by Crippen LogP contribution is -2.29. The Balaban J connectivity index is 1.43. The Bertz CT molecular complexity index is 842. The number of amides is 2. The van der Waals surface area contributed by atoms with Crippen LogP contribution in [0, 0.1) is 0 Å². The van der Waals surface area contributed by atoms with Crippen LogP contribution in [0.25, 0.3) is 0 Å². The summed E-state index contributed by atoms with van der Waals surface area (Å²) >= 11 is 11.9. The van der Waals surface area contributed by atoms with Gasteiger partial charge in [0.05, 0.1) is 0 Å². The molecule has 0 saturated carbocycles. The third-order valence-corrected chi connectivity index (χ3v) is 4.30. The van der Waals surface area contributed by atoms with Crippen molar-refractivity contribution < 1.29 is 19.1 Å². The van der Waals surface area contributed by atoms with E-state index in [4.69, 9.17) is 32.7 Å². The first-order valence-corrected chi connectivity index (χ1v) is 8.67. The Labute approximate surface area is 160 Å². The molecule has 0 aliphatic carbocycles. The average molecular weight is 395 g/mol. The Morgan fingerprint density at radius 3 is 2.62 bits per heavy atom. The molecule has 136 valence electrons. The first-order valence-electron chi connectivity index (χ1n) is 7.91. The van der Waals surface area contributed by atoms with Gasteiger partial charge >= 0.3 is 0 Å². The molecule has 2 aromatic carbocycles. The van der Waals surface area contributed by atoms with Crippen LogP contribution in [0.1, 0.15) is 12.0 Å². The summed E-state index contributed by atoms with van der Waals surface area (Å²) in [5.74, 6) is 0.410. The zero-order valence-electron chi connectivity index (χ0n) is 13.7. The summed E-state index contributed by atoms with van der Waals surface area (Å²) in [6, 6.07) is 10.2. The topological polar surface area (TPSA) is 76.7 Å². The fraction of sp³-hybridized carbons (Fsp3) is 0.222. The maximum absolute atomic E-state index is 12.0. The molecule has 0 aromatic heterocycles. The van der Waals surface area contributed by atoms with Crippen LogP contribution in [0.4, 0.5) is 5.69 Å². The molecule has 0 bridgehead atoms. The summed E-state index contributed by atoms with van der Waals surface area (Å²) in [5, 5.41) is 6.46. The van der Waals surface area contributed by atoms with Crippen molar-refractivity contribution in [2.45, 2.75) is 12.8 Å². The van der Waals surface area contributed by atoms with Gasteiger partial charge in [-0.15, -0.1) is 0 Å². The van der Waals surface area contributed by atoms with Crippen molar-refractivity contribution in [2.75, 3.05) is 18.7 Å². The number of hydrogen-bond donors (Lipinski definition) is 2. The van der Waals surface area contributed by atoms with Gasteiger partial charge in [-0.3, -0.25) is 9.59 Å². The van der Waals surface area contributed by atoms with E-state index in [-0.39, 0.29) is 19.1 Å². The van der Waals surface area contributed by atoms with Crippen LogP contribution in [-0.4, -0.2) is 25.2 Å². The van der Waals surface area contributed by atoms with E-state index in [1.807, 2.05) is 6.07 Å². The highest BCUT2D eigenvalue weighted by molar-refractivity contribution is 6.35. The molecule has 3 rings (SSSR count). The van der Waals surface area contributed by atoms with E-state index >= 15 is 0 Å². The summed E-state index contributed by atoms with van der Waals surface area (Å²) in [6.07, 6.45) is 0.272. The molecule has 0 unspecified atom stereocenters. The van der Waals surface area contributed by atoms with Crippen LogP contribution in [0.5, 0.6) is 11.5 Å². The van der Waals surface area contributed by atoms with Crippen LogP contribution in [0.2, 0.25) is 10.0 Å². The molecule has 2 amide bonds. The summed E-state index contributed by atoms with van der Waals surface area (Å²) in [5.41, 5.74) is 1.42. The van der Waals surface area contributed by atoms with E-state index in [9.17, 15) is 9.59 Å². The standard InChI is InChI=1S/C18H16Cl2N2O4/c19-12-2-1-11(14(20)7-12)5-6-21-17(23)9-18(24)22-13-3-4-15-16(8-13)26-10-25-15/h1-4,7-8H,5-6,9-10H2,(H,21,23)(H,22,24). The molecule has 26 heavy (non-hydrogen) atoms. The third-order valence-electron chi connectivity index (χ3n) is 3.71. The number of hydrogen-bond acceptors (Lipinski definition) is 4. The highest BCUT2D eigenvalue weighted by Gasteiger charge is 2.15. The smallest absolute Gasteiger partial charge is 0.233 e. The molecular weight excluding hydrogens is 379 g/mol. The molecule has 2 aromatic rings. The SMILES string of the molecule is O=C(CC(=O)Nc1ccc2c(c1)OCO2)NCCc1ccc(Cl)cc1Cl. The molecular formula is C18H16Cl2N2O4. The first-order chi connectivity index (χ1) is 12.5. The van der Waals surface area contributed by atoms with Crippen LogP contribution in [-0.2, 0) is 16.0 Å². The summed E-state index contributed by atoms with van der Waals surface area (Å²) in [7, 11) is 0. The number of carbonyl (C=O) groups is 2. The zero-order chi connectivity index (χ0) is 18.5. The largest absolute Gasteiger partial charge is 0.454 e. The number of ether oxygens (including phenoxy) is 2. The quantitative estimate of drug-likeness (QED) is 0.735. The minimum Gasteiger partial charge on any atom is -0.454 e. The normalized spacial score (nSPS) is 11.9. The fourth-order valence-electron chi connectivity index (χ4n) is 2.45. The Hall–Kier alpha value is -2.44. The van der Waals surface area contributed by atoms with Crippen molar-refractivity contribution in [3.8, 4) is 11.5 Å². The van der Waals surface area contributed by atoms with Gasteiger partial charge in [0.15, 0.2) is 11.5 Å². The molecule has 6 nitrogen and oxygen atoms in total. The van der Waals surface area contributed by atoms with Crippen LogP contribution in [0.15, 0.2) is 36.4 Å². The molecule has 1 heterocycles. The van der Waals surface area contributed by atoms with Crippen molar-refractivity contribution in [1.82, 2.24) is 5.32 Å². The van der Waals surface area contributed by atoms with E-state index in [0.717, 1.165) is 5.56 Å². The Kier molecular flexibility index (Phi) is 5.85. The Morgan fingerprint density at radius 1 is 1.00 bits per heavy atom. The van der Waals surface area contributed by atoms with Gasteiger partial charge in [0.1, 0.15) is 6.42 Å². The molecule has 0 spiro atoms. The van der Waals surface area contributed by atoms with Gasteiger partial charge in [0.25, 0.3) is 0 Å². The highest BCUT2D eigenvalue weighted by Crippen LogP contribution is 2.34. The number of anilines is 1. The molecule has 0 atom stereocenters. The minimum atomic E-state index is -0.411. The van der Waals surface area contributed by atoms with Crippen molar-refractivity contribution in [3.05, 3.63) is 52.0 Å². The predicted molar refractivity (Wildman–Crippen MR) is 99.0 cm³/mol. The zero-order valence-corrected chi connectivity index (χ0v) is 15.2. The predicted octanol–water partition coefficient (Wildman–Crippen LogP) is 3.41. The summed E-state index contributed by atoms with van der Waals surface area (Å²) in [4.78, 5) is 23.9. The minimum absolute atomic E-state index is 0.159. The highest BCUT2D eigenvalue weighted by atomic mass is 35.5. The maximum Gasteiger partial charge on any atom is 0.233 e. The number of nitrogens with one attached hydrogen (secondary N) is 2. The number of halogens is 2. The maximum atomic E-state index is 12.0. The van der Waals surface area contributed by atoms with Gasteiger partial charge < -0.3 is 20.1 Å². The fourth-order valence-corrected chi connectivity index (χ4v) is 2.95. The molecule has 8 heteroatoms. The molecule has 2 N–H and O–H groups in total. The van der Waals surface area contributed by atoms with E-state index < -0.39 is 5.91 Å². The molecule has 0 fully saturated rings. The van der Waals surface area contributed by atoms with Crippen molar-refractivity contribution >= 4 is 40.7 Å². The van der Waals surface area contributed by atoms with E-state index in [1.165, 1.54) is 0 Å². The first kappa shape index (κ1) is 18.4. The molecule has 1 aliphatic rings. The molecule has 0 radical (unpaired) electrons. The summed E-state index contributed by atoms with van der Waals surface area (Å²) < 4.78 is 10.4. The van der Waals surface area contributed by atoms with E-state index in [2.05, 4.69) is 10.6 Å². The average Bonchev–Trinajstić information content (AvgIpc) is 3.04. The third kappa shape index (κ3) is 4.80. The number of carbonyl (C=O) groups excluding carboxylic acids is 2. The second-order valence-electron chi connectivity index (χ2n) is 5.63. The number of fused-ring (bicyclic) bond motifs is 1. The van der Waals surface area contributed by atoms with Gasteiger partial charge in [0.2, 0.25) is 18.6 Å². The van der Waals surface area contributed by atoms with Gasteiger partial charge in [-0.25, -0.2) is 0 Å². The number of rotatable bonds is 6. The Morgan fingerprint density at radius 2 is 1.81 bits per heavy atom.